The van der Waals surface area contributed by atoms with Gasteiger partial charge in [0.25, 0.3) is 0 Å². The van der Waals surface area contributed by atoms with E-state index in [0.29, 0.717) is 32.0 Å². The Hall–Kier alpha value is -0.610. The third-order valence-electron chi connectivity index (χ3n) is 3.87. The molecule has 0 saturated carbocycles. The van der Waals surface area contributed by atoms with Crippen LogP contribution in [0.2, 0.25) is 0 Å². The third kappa shape index (κ3) is 3.19. The van der Waals surface area contributed by atoms with Crippen molar-refractivity contribution in [3.05, 3.63) is 0 Å². The van der Waals surface area contributed by atoms with Crippen LogP contribution in [0.1, 0.15) is 40.0 Å². The normalized spacial score (nSPS) is 21.8. The summed E-state index contributed by atoms with van der Waals surface area (Å²) >= 11 is 0. The summed E-state index contributed by atoms with van der Waals surface area (Å²) in [6.07, 6.45) is 2.19. The molecule has 4 nitrogen and oxygen atoms in total. The molecule has 0 radical (unpaired) electrons. The van der Waals surface area contributed by atoms with Crippen LogP contribution in [-0.2, 0) is 9.53 Å². The highest BCUT2D eigenvalue weighted by molar-refractivity contribution is 5.79. The first-order chi connectivity index (χ1) is 7.90. The summed E-state index contributed by atoms with van der Waals surface area (Å²) in [5, 5.41) is 9.54. The number of carbonyl (C=O) groups is 1. The van der Waals surface area contributed by atoms with Gasteiger partial charge in [-0.1, -0.05) is 13.8 Å². The predicted molar refractivity (Wildman–Crippen MR) is 67.1 cm³/mol. The molecule has 0 aromatic rings. The minimum absolute atomic E-state index is 0.282. The van der Waals surface area contributed by atoms with Crippen molar-refractivity contribution >= 4 is 5.97 Å². The molecule has 0 aliphatic carbocycles. The van der Waals surface area contributed by atoms with Crippen molar-refractivity contribution < 1.29 is 14.6 Å². The number of hydrogen-bond acceptors (Lipinski definition) is 3. The van der Waals surface area contributed by atoms with Crippen LogP contribution >= 0.6 is 0 Å². The molecule has 0 aromatic carbocycles. The second kappa shape index (κ2) is 5.83. The van der Waals surface area contributed by atoms with Crippen molar-refractivity contribution in [2.75, 3.05) is 20.3 Å². The van der Waals surface area contributed by atoms with Gasteiger partial charge in [0.05, 0.1) is 0 Å². The smallest absolute Gasteiger partial charge is 0.324 e. The van der Waals surface area contributed by atoms with Crippen molar-refractivity contribution in [3.8, 4) is 0 Å². The Morgan fingerprint density at radius 1 is 1.35 bits per heavy atom. The summed E-state index contributed by atoms with van der Waals surface area (Å²) in [4.78, 5) is 13.7. The third-order valence-corrected chi connectivity index (χ3v) is 3.87. The van der Waals surface area contributed by atoms with Crippen LogP contribution in [0.3, 0.4) is 0 Å². The van der Waals surface area contributed by atoms with Gasteiger partial charge in [-0.3, -0.25) is 9.69 Å². The van der Waals surface area contributed by atoms with Gasteiger partial charge in [0.1, 0.15) is 5.54 Å². The van der Waals surface area contributed by atoms with Crippen LogP contribution in [0.25, 0.3) is 0 Å². The molecule has 0 aromatic heterocycles. The molecule has 1 N–H and O–H groups in total. The van der Waals surface area contributed by atoms with Gasteiger partial charge in [0, 0.05) is 19.3 Å². The molecule has 0 bridgehead atoms. The van der Waals surface area contributed by atoms with Crippen LogP contribution in [0.4, 0.5) is 0 Å². The maximum Gasteiger partial charge on any atom is 0.324 e. The van der Waals surface area contributed by atoms with E-state index in [1.54, 1.807) is 0 Å². The average Bonchev–Trinajstić information content (AvgIpc) is 2.27. The second-order valence-electron chi connectivity index (χ2n) is 5.54. The van der Waals surface area contributed by atoms with E-state index in [2.05, 4.69) is 20.8 Å². The van der Waals surface area contributed by atoms with Crippen molar-refractivity contribution in [2.45, 2.75) is 51.6 Å². The first-order valence-corrected chi connectivity index (χ1v) is 6.44. The summed E-state index contributed by atoms with van der Waals surface area (Å²) in [6.45, 7) is 7.54. The van der Waals surface area contributed by atoms with Gasteiger partial charge >= 0.3 is 5.97 Å². The number of nitrogens with zero attached hydrogens (tertiary/aromatic N) is 1. The first-order valence-electron chi connectivity index (χ1n) is 6.44. The summed E-state index contributed by atoms with van der Waals surface area (Å²) in [7, 11) is 1.94. The lowest BCUT2D eigenvalue weighted by atomic mass is 9.86. The van der Waals surface area contributed by atoms with E-state index in [0.717, 1.165) is 6.42 Å². The van der Waals surface area contributed by atoms with E-state index in [9.17, 15) is 9.90 Å². The maximum absolute atomic E-state index is 11.6. The van der Waals surface area contributed by atoms with Gasteiger partial charge in [0.15, 0.2) is 0 Å². The summed E-state index contributed by atoms with van der Waals surface area (Å²) in [5.41, 5.74) is -0.730. The van der Waals surface area contributed by atoms with Gasteiger partial charge in [-0.05, 0) is 39.2 Å². The van der Waals surface area contributed by atoms with Crippen LogP contribution < -0.4 is 0 Å². The molecule has 17 heavy (non-hydrogen) atoms. The fraction of sp³-hybridized carbons (Fsp3) is 0.923. The van der Waals surface area contributed by atoms with E-state index in [1.165, 1.54) is 0 Å². The molecule has 1 rings (SSSR count). The molecule has 1 saturated heterocycles. The van der Waals surface area contributed by atoms with Crippen molar-refractivity contribution in [2.24, 2.45) is 5.92 Å². The highest BCUT2D eigenvalue weighted by atomic mass is 16.5. The summed E-state index contributed by atoms with van der Waals surface area (Å²) in [6, 6.07) is 0.282. The van der Waals surface area contributed by atoms with Crippen molar-refractivity contribution in [3.63, 3.8) is 0 Å². The highest BCUT2D eigenvalue weighted by Gasteiger charge is 2.45. The lowest BCUT2D eigenvalue weighted by molar-refractivity contribution is -0.159. The van der Waals surface area contributed by atoms with Crippen LogP contribution in [0, 0.1) is 5.92 Å². The summed E-state index contributed by atoms with van der Waals surface area (Å²) in [5.74, 6) is -0.128. The Morgan fingerprint density at radius 2 is 1.88 bits per heavy atom. The van der Waals surface area contributed by atoms with Gasteiger partial charge in [0.2, 0.25) is 0 Å². The fourth-order valence-corrected chi connectivity index (χ4v) is 2.69. The number of carboxylic acids is 1. The monoisotopic (exact) mass is 243 g/mol. The maximum atomic E-state index is 11.6. The van der Waals surface area contributed by atoms with Gasteiger partial charge in [-0.25, -0.2) is 0 Å². The largest absolute Gasteiger partial charge is 0.480 e. The molecule has 0 amide bonds. The molecule has 1 heterocycles. The molecule has 1 fully saturated rings. The summed E-state index contributed by atoms with van der Waals surface area (Å²) < 4.78 is 5.30. The topological polar surface area (TPSA) is 49.8 Å². The zero-order chi connectivity index (χ0) is 13.1. The molecule has 1 aliphatic heterocycles. The Kier molecular flexibility index (Phi) is 4.95. The number of carboxylic acid groups (broad SMARTS) is 1. The van der Waals surface area contributed by atoms with E-state index < -0.39 is 11.5 Å². The fourth-order valence-electron chi connectivity index (χ4n) is 2.69. The SMILES string of the molecule is CC(C)CC(C)N(C)C1(C(=O)O)CCOCC1. The van der Waals surface area contributed by atoms with Crippen LogP contribution in [-0.4, -0.2) is 47.8 Å². The van der Waals surface area contributed by atoms with Crippen LogP contribution in [0.5, 0.6) is 0 Å². The number of aliphatic carboxylic acids is 1. The molecule has 4 heteroatoms. The van der Waals surface area contributed by atoms with Crippen molar-refractivity contribution in [1.29, 1.82) is 0 Å². The van der Waals surface area contributed by atoms with E-state index in [1.807, 2.05) is 11.9 Å². The number of likely N-dealkylation sites (N-methyl/N-ethyl adjacent to an activating group) is 1. The lowest BCUT2D eigenvalue weighted by Crippen LogP contribution is -2.58. The number of hydrogen-bond donors (Lipinski definition) is 1. The van der Waals surface area contributed by atoms with Crippen molar-refractivity contribution in [1.82, 2.24) is 4.90 Å². The minimum Gasteiger partial charge on any atom is -0.480 e. The average molecular weight is 243 g/mol. The Labute approximate surface area is 104 Å². The Morgan fingerprint density at radius 3 is 2.29 bits per heavy atom. The molecule has 1 aliphatic rings. The van der Waals surface area contributed by atoms with E-state index in [-0.39, 0.29) is 6.04 Å². The Balaban J connectivity index is 2.79. The van der Waals surface area contributed by atoms with Gasteiger partial charge in [-0.15, -0.1) is 0 Å². The van der Waals surface area contributed by atoms with E-state index in [4.69, 9.17) is 4.74 Å². The highest BCUT2D eigenvalue weighted by Crippen LogP contribution is 2.30. The predicted octanol–water partition coefficient (Wildman–Crippen LogP) is 1.99. The minimum atomic E-state index is -0.730. The quantitative estimate of drug-likeness (QED) is 0.802. The molecule has 1 unspecified atom stereocenters. The first kappa shape index (κ1) is 14.5. The molecular formula is C13H25NO3. The lowest BCUT2D eigenvalue weighted by Gasteiger charge is -2.44. The van der Waals surface area contributed by atoms with Gasteiger partial charge < -0.3 is 9.84 Å². The van der Waals surface area contributed by atoms with Gasteiger partial charge in [-0.2, -0.15) is 0 Å². The standard InChI is InChI=1S/C13H25NO3/c1-10(2)9-11(3)14(4)13(12(15)16)5-7-17-8-6-13/h10-11H,5-9H2,1-4H3,(H,15,16). The van der Waals surface area contributed by atoms with Crippen LogP contribution in [0.15, 0.2) is 0 Å². The Bertz CT molecular complexity index is 259. The zero-order valence-electron chi connectivity index (χ0n) is 11.4. The molecule has 1 atom stereocenters. The number of rotatable bonds is 5. The zero-order valence-corrected chi connectivity index (χ0v) is 11.4. The molecule has 0 spiro atoms. The molecule has 100 valence electrons. The number of ether oxygens (including phenoxy) is 1. The molecular weight excluding hydrogens is 218 g/mol. The van der Waals surface area contributed by atoms with E-state index >= 15 is 0 Å². The second-order valence-corrected chi connectivity index (χ2v) is 5.54.